The molecule has 1 rings (SSSR count). The van der Waals surface area contributed by atoms with E-state index < -0.39 is 0 Å². The molecule has 1 heterocycles. The number of ether oxygens (including phenoxy) is 1. The van der Waals surface area contributed by atoms with Gasteiger partial charge in [-0.1, -0.05) is 6.92 Å². The summed E-state index contributed by atoms with van der Waals surface area (Å²) >= 11 is 0. The van der Waals surface area contributed by atoms with Crippen molar-refractivity contribution in [2.75, 3.05) is 30.8 Å². The van der Waals surface area contributed by atoms with Crippen LogP contribution < -0.4 is 11.1 Å². The summed E-state index contributed by atoms with van der Waals surface area (Å²) in [5, 5.41) is 7.66. The Morgan fingerprint density at radius 3 is 2.81 bits per heavy atom. The van der Waals surface area contributed by atoms with Crippen molar-refractivity contribution in [1.29, 1.82) is 0 Å². The lowest BCUT2D eigenvalue weighted by Crippen LogP contribution is -2.14. The molecule has 1 aromatic heterocycles. The van der Waals surface area contributed by atoms with Crippen molar-refractivity contribution in [2.45, 2.75) is 33.7 Å². The van der Waals surface area contributed by atoms with E-state index in [0.29, 0.717) is 6.61 Å². The Labute approximate surface area is 97.0 Å². The van der Waals surface area contributed by atoms with Crippen LogP contribution in [0.3, 0.4) is 0 Å². The van der Waals surface area contributed by atoms with E-state index in [1.54, 1.807) is 0 Å². The number of hydrogen-bond acceptors (Lipinski definition) is 4. The van der Waals surface area contributed by atoms with Crippen molar-refractivity contribution in [3.63, 3.8) is 0 Å². The fraction of sp³-hybridized carbons (Fsp3) is 0.727. The van der Waals surface area contributed by atoms with E-state index in [1.165, 1.54) is 0 Å². The van der Waals surface area contributed by atoms with Crippen LogP contribution in [0.15, 0.2) is 0 Å². The summed E-state index contributed by atoms with van der Waals surface area (Å²) < 4.78 is 7.20. The minimum atomic E-state index is 0.687. The lowest BCUT2D eigenvalue weighted by Gasteiger charge is -2.09. The third-order valence-electron chi connectivity index (χ3n) is 2.35. The van der Waals surface area contributed by atoms with Crippen LogP contribution in [0.4, 0.5) is 11.5 Å². The summed E-state index contributed by atoms with van der Waals surface area (Å²) in [5.41, 5.74) is 7.58. The van der Waals surface area contributed by atoms with Gasteiger partial charge in [0.25, 0.3) is 0 Å². The van der Waals surface area contributed by atoms with Gasteiger partial charge in [-0.05, 0) is 20.3 Å². The molecule has 5 nitrogen and oxygen atoms in total. The van der Waals surface area contributed by atoms with E-state index in [4.69, 9.17) is 10.5 Å². The fourth-order valence-electron chi connectivity index (χ4n) is 1.54. The first-order chi connectivity index (χ1) is 7.70. The first-order valence-corrected chi connectivity index (χ1v) is 5.85. The lowest BCUT2D eigenvalue weighted by molar-refractivity contribution is 0.158. The zero-order valence-corrected chi connectivity index (χ0v) is 10.4. The molecule has 0 atom stereocenters. The Morgan fingerprint density at radius 1 is 1.44 bits per heavy atom. The summed E-state index contributed by atoms with van der Waals surface area (Å²) in [6.07, 6.45) is 1.04. The van der Waals surface area contributed by atoms with Crippen molar-refractivity contribution >= 4 is 11.5 Å². The van der Waals surface area contributed by atoms with Gasteiger partial charge in [-0.15, -0.1) is 0 Å². The standard InChI is InChI=1S/C11H22N4O/c1-4-7-15-11(10(12)9(3)14-15)13-6-8-16-5-2/h13H,4-8,12H2,1-3H3. The van der Waals surface area contributed by atoms with E-state index in [9.17, 15) is 0 Å². The fourth-order valence-corrected chi connectivity index (χ4v) is 1.54. The van der Waals surface area contributed by atoms with E-state index >= 15 is 0 Å². The smallest absolute Gasteiger partial charge is 0.148 e. The molecule has 0 bridgehead atoms. The quantitative estimate of drug-likeness (QED) is 0.694. The molecule has 0 spiro atoms. The second-order valence-electron chi connectivity index (χ2n) is 3.69. The van der Waals surface area contributed by atoms with Crippen LogP contribution in [-0.2, 0) is 11.3 Å². The molecule has 5 heteroatoms. The number of aromatic nitrogens is 2. The maximum absolute atomic E-state index is 5.96. The number of hydrogen-bond donors (Lipinski definition) is 2. The molecule has 0 saturated heterocycles. The maximum Gasteiger partial charge on any atom is 0.148 e. The molecule has 1 aromatic rings. The van der Waals surface area contributed by atoms with Crippen molar-refractivity contribution in [1.82, 2.24) is 9.78 Å². The Kier molecular flexibility index (Phi) is 5.11. The Bertz CT molecular complexity index is 322. The van der Waals surface area contributed by atoms with Gasteiger partial charge in [-0.3, -0.25) is 0 Å². The molecule has 0 aliphatic rings. The molecule has 16 heavy (non-hydrogen) atoms. The van der Waals surface area contributed by atoms with E-state index in [2.05, 4.69) is 17.3 Å². The third-order valence-corrected chi connectivity index (χ3v) is 2.35. The molecule has 0 radical (unpaired) electrons. The normalized spacial score (nSPS) is 10.7. The predicted octanol–water partition coefficient (Wildman–Crippen LogP) is 1.63. The van der Waals surface area contributed by atoms with Gasteiger partial charge in [0.2, 0.25) is 0 Å². The topological polar surface area (TPSA) is 65.1 Å². The monoisotopic (exact) mass is 226 g/mol. The second-order valence-corrected chi connectivity index (χ2v) is 3.69. The van der Waals surface area contributed by atoms with Gasteiger partial charge in [-0.25, -0.2) is 4.68 Å². The molecule has 0 aromatic carbocycles. The number of aryl methyl sites for hydroxylation is 2. The highest BCUT2D eigenvalue weighted by Crippen LogP contribution is 2.21. The summed E-state index contributed by atoms with van der Waals surface area (Å²) in [4.78, 5) is 0. The molecular weight excluding hydrogens is 204 g/mol. The van der Waals surface area contributed by atoms with Crippen LogP contribution in [0.2, 0.25) is 0 Å². The number of nitrogens with zero attached hydrogens (tertiary/aromatic N) is 2. The van der Waals surface area contributed by atoms with Gasteiger partial charge in [0, 0.05) is 19.7 Å². The van der Waals surface area contributed by atoms with Crippen LogP contribution in [0.5, 0.6) is 0 Å². The van der Waals surface area contributed by atoms with E-state index in [0.717, 1.165) is 43.3 Å². The molecule has 0 aliphatic carbocycles. The molecule has 3 N–H and O–H groups in total. The summed E-state index contributed by atoms with van der Waals surface area (Å²) in [6, 6.07) is 0. The molecule has 92 valence electrons. The minimum absolute atomic E-state index is 0.687. The molecule has 0 aliphatic heterocycles. The number of rotatable bonds is 7. The van der Waals surface area contributed by atoms with Crippen molar-refractivity contribution in [3.8, 4) is 0 Å². The zero-order valence-electron chi connectivity index (χ0n) is 10.4. The Balaban J connectivity index is 2.61. The zero-order chi connectivity index (χ0) is 12.0. The van der Waals surface area contributed by atoms with Gasteiger partial charge in [0.05, 0.1) is 18.0 Å². The minimum Gasteiger partial charge on any atom is -0.394 e. The number of anilines is 2. The van der Waals surface area contributed by atoms with E-state index in [1.807, 2.05) is 18.5 Å². The van der Waals surface area contributed by atoms with Crippen LogP contribution in [-0.4, -0.2) is 29.5 Å². The van der Waals surface area contributed by atoms with Crippen LogP contribution in [0.25, 0.3) is 0 Å². The highest BCUT2D eigenvalue weighted by molar-refractivity contribution is 5.64. The SMILES string of the molecule is CCCn1nc(C)c(N)c1NCCOCC. The van der Waals surface area contributed by atoms with Gasteiger partial charge in [0.15, 0.2) is 0 Å². The first-order valence-electron chi connectivity index (χ1n) is 5.85. The van der Waals surface area contributed by atoms with Crippen LogP contribution in [0.1, 0.15) is 26.0 Å². The van der Waals surface area contributed by atoms with Crippen molar-refractivity contribution < 1.29 is 4.74 Å². The first kappa shape index (κ1) is 12.8. The Morgan fingerprint density at radius 2 is 2.19 bits per heavy atom. The lowest BCUT2D eigenvalue weighted by atomic mass is 10.4. The average molecular weight is 226 g/mol. The molecule has 0 saturated carbocycles. The number of nitrogens with two attached hydrogens (primary N) is 1. The van der Waals surface area contributed by atoms with Gasteiger partial charge >= 0.3 is 0 Å². The molecular formula is C11H22N4O. The highest BCUT2D eigenvalue weighted by Gasteiger charge is 2.10. The van der Waals surface area contributed by atoms with Crippen LogP contribution in [0, 0.1) is 6.92 Å². The number of nitrogens with one attached hydrogen (secondary N) is 1. The van der Waals surface area contributed by atoms with Gasteiger partial charge in [-0.2, -0.15) is 5.10 Å². The Hall–Kier alpha value is -1.23. The maximum atomic E-state index is 5.96. The highest BCUT2D eigenvalue weighted by atomic mass is 16.5. The second kappa shape index (κ2) is 6.37. The summed E-state index contributed by atoms with van der Waals surface area (Å²) in [5.74, 6) is 0.916. The van der Waals surface area contributed by atoms with E-state index in [-0.39, 0.29) is 0 Å². The third kappa shape index (κ3) is 3.13. The van der Waals surface area contributed by atoms with Crippen molar-refractivity contribution in [2.24, 2.45) is 0 Å². The van der Waals surface area contributed by atoms with Crippen molar-refractivity contribution in [3.05, 3.63) is 5.69 Å². The van der Waals surface area contributed by atoms with Gasteiger partial charge in [0.1, 0.15) is 5.82 Å². The predicted molar refractivity (Wildman–Crippen MR) is 66.7 cm³/mol. The summed E-state index contributed by atoms with van der Waals surface area (Å²) in [7, 11) is 0. The average Bonchev–Trinajstić information content (AvgIpc) is 2.52. The van der Waals surface area contributed by atoms with Gasteiger partial charge < -0.3 is 15.8 Å². The number of nitrogen functional groups attached to an aromatic ring is 1. The molecule has 0 amide bonds. The molecule has 0 fully saturated rings. The largest absolute Gasteiger partial charge is 0.394 e. The van der Waals surface area contributed by atoms with Crippen LogP contribution >= 0.6 is 0 Å². The molecule has 0 unspecified atom stereocenters. The summed E-state index contributed by atoms with van der Waals surface area (Å²) in [6.45, 7) is 9.10.